The number of fused-ring (bicyclic) bond motifs is 3. The van der Waals surface area contributed by atoms with E-state index in [0.717, 1.165) is 12.8 Å². The van der Waals surface area contributed by atoms with Crippen LogP contribution in [0.4, 0.5) is 23.1 Å². The Balaban J connectivity index is 1.15. The molecular formula is C46H53ClF3N6O8PS. The predicted octanol–water partition coefficient (Wildman–Crippen LogP) is 9.47. The summed E-state index contributed by atoms with van der Waals surface area (Å²) in [7, 11) is -3.32. The quantitative estimate of drug-likeness (QED) is 0.0639. The Kier molecular flexibility index (Phi) is 14.2. The maximum atomic E-state index is 15.0. The van der Waals surface area contributed by atoms with Gasteiger partial charge in [-0.25, -0.2) is 27.9 Å². The maximum absolute atomic E-state index is 15.0. The van der Waals surface area contributed by atoms with Gasteiger partial charge in [-0.15, -0.1) is 11.3 Å². The summed E-state index contributed by atoms with van der Waals surface area (Å²) in [5.74, 6) is -5.64. The van der Waals surface area contributed by atoms with Gasteiger partial charge < -0.3 is 40.0 Å². The largest absolute Gasteiger partial charge is 0.495 e. The lowest BCUT2D eigenvalue weighted by atomic mass is 10.0. The molecule has 4 aromatic rings. The molecule has 6 atom stereocenters. The molecule has 2 aromatic heterocycles. The van der Waals surface area contributed by atoms with E-state index in [9.17, 15) is 37.0 Å². The standard InChI is InChI=1S/C46H53ClF3N6O8PS/c1-25(2)51-44-53-35(24-66-44)34-20-38(29-15-18-37(62-3)39(47)41(29)52-34)63-28-19-36-42(57)55-46(65(60,61)23-30-31(48)16-17-32(49)40(30)50)21-26(46)11-7-5-4-6-8-14-33(43(58)56(36)22-28)54-45(59)64-27-12-9-10-13-27/h7,11,15-18,20,24-28,33,36H,4-6,8-10,12-14,19,21-23H2,1-3H3,(H,51,53)(H,54,59)(H,55,57)(H,60,61)/b11-7-/t26-,28+,33-,36-,46-/m0/s1. The number of halogens is 4. The number of hydrogen-bond acceptors (Lipinski definition) is 11. The number of nitrogens with one attached hydrogen (secondary N) is 3. The number of hydrogen-bond donors (Lipinski definition) is 4. The van der Waals surface area contributed by atoms with Crippen molar-refractivity contribution in [2.24, 2.45) is 5.92 Å². The van der Waals surface area contributed by atoms with Crippen LogP contribution in [0.15, 0.2) is 47.9 Å². The van der Waals surface area contributed by atoms with E-state index < -0.39 is 83.8 Å². The van der Waals surface area contributed by atoms with Crippen molar-refractivity contribution in [1.82, 2.24) is 25.5 Å². The molecule has 0 spiro atoms. The first-order chi connectivity index (χ1) is 31.6. The summed E-state index contributed by atoms with van der Waals surface area (Å²) in [5, 5.41) is 10.2. The van der Waals surface area contributed by atoms with Crippen LogP contribution in [0.3, 0.4) is 0 Å². The summed E-state index contributed by atoms with van der Waals surface area (Å²) in [6.07, 6.45) is 6.35. The fraction of sp³-hybridized carbons (Fsp3) is 0.500. The van der Waals surface area contributed by atoms with Crippen molar-refractivity contribution in [3.63, 3.8) is 0 Å². The monoisotopic (exact) mass is 972 g/mol. The molecule has 66 heavy (non-hydrogen) atoms. The van der Waals surface area contributed by atoms with Gasteiger partial charge in [-0.3, -0.25) is 14.2 Å². The van der Waals surface area contributed by atoms with Gasteiger partial charge in [-0.1, -0.05) is 36.6 Å². The highest BCUT2D eigenvalue weighted by molar-refractivity contribution is 7.59. The van der Waals surface area contributed by atoms with Gasteiger partial charge in [-0.2, -0.15) is 0 Å². The highest BCUT2D eigenvalue weighted by atomic mass is 35.5. The molecule has 4 aliphatic rings. The molecule has 2 aliphatic heterocycles. The number of methoxy groups -OCH3 is 1. The Morgan fingerprint density at radius 2 is 1.79 bits per heavy atom. The van der Waals surface area contributed by atoms with Crippen molar-refractivity contribution in [2.75, 3.05) is 19.0 Å². The van der Waals surface area contributed by atoms with E-state index >= 15 is 0 Å². The Morgan fingerprint density at radius 3 is 2.55 bits per heavy atom. The van der Waals surface area contributed by atoms with Crippen LogP contribution >= 0.6 is 30.3 Å². The fourth-order valence-corrected chi connectivity index (χ4v) is 12.7. The third-order valence-corrected chi connectivity index (χ3v) is 16.5. The Hall–Kier alpha value is -4.90. The highest BCUT2D eigenvalue weighted by Crippen LogP contribution is 2.71. The van der Waals surface area contributed by atoms with E-state index in [4.69, 9.17) is 35.8 Å². The number of carbonyl (C=O) groups is 3. The van der Waals surface area contributed by atoms with Gasteiger partial charge in [0, 0.05) is 40.8 Å². The fourth-order valence-electron chi connectivity index (χ4n) is 9.20. The molecule has 3 fully saturated rings. The van der Waals surface area contributed by atoms with Crippen LogP contribution in [-0.2, 0) is 25.1 Å². The number of benzene rings is 2. The van der Waals surface area contributed by atoms with Crippen LogP contribution in [0, 0.1) is 23.4 Å². The molecule has 2 aliphatic carbocycles. The van der Waals surface area contributed by atoms with Crippen molar-refractivity contribution < 1.29 is 51.2 Å². The summed E-state index contributed by atoms with van der Waals surface area (Å²) in [6, 6.07) is 4.07. The van der Waals surface area contributed by atoms with Gasteiger partial charge in [0.2, 0.25) is 19.2 Å². The van der Waals surface area contributed by atoms with Crippen molar-refractivity contribution in [1.29, 1.82) is 0 Å². The van der Waals surface area contributed by atoms with Crippen LogP contribution < -0.4 is 25.4 Å². The van der Waals surface area contributed by atoms with Crippen LogP contribution in [0.1, 0.15) is 90.0 Å². The van der Waals surface area contributed by atoms with E-state index in [1.807, 2.05) is 25.3 Å². The molecule has 3 amide bonds. The zero-order valence-corrected chi connectivity index (χ0v) is 39.3. The van der Waals surface area contributed by atoms with Crippen LogP contribution in [0.25, 0.3) is 22.3 Å². The SMILES string of the molecule is COc1ccc2c(O[C@@H]3C[C@H]4C(=O)N[C@]5(P(=O)(O)Cc6c(F)ccc(F)c6F)C[C@@H]5/C=C\CCCCC[C@H](NC(=O)OC5CCCC5)C(=O)N4C3)cc(-c3csc(NC(C)C)n3)nc2c1Cl. The van der Waals surface area contributed by atoms with Gasteiger partial charge in [0.1, 0.15) is 57.6 Å². The summed E-state index contributed by atoms with van der Waals surface area (Å²) in [4.78, 5) is 65.7. The van der Waals surface area contributed by atoms with E-state index in [2.05, 4.69) is 16.0 Å². The van der Waals surface area contributed by atoms with E-state index in [-0.39, 0.29) is 43.0 Å². The summed E-state index contributed by atoms with van der Waals surface area (Å²) in [6.45, 7) is 3.83. The molecule has 1 unspecified atom stereocenters. The zero-order chi connectivity index (χ0) is 46.9. The molecule has 20 heteroatoms. The van der Waals surface area contributed by atoms with Crippen molar-refractivity contribution in [3.8, 4) is 22.9 Å². The number of rotatable bonds is 11. The van der Waals surface area contributed by atoms with E-state index in [1.165, 1.54) is 23.3 Å². The molecule has 2 saturated carbocycles. The molecule has 2 aromatic carbocycles. The first kappa shape index (κ1) is 47.6. The average molecular weight is 973 g/mol. The smallest absolute Gasteiger partial charge is 0.408 e. The zero-order valence-electron chi connectivity index (χ0n) is 36.8. The lowest BCUT2D eigenvalue weighted by Crippen LogP contribution is -2.55. The maximum Gasteiger partial charge on any atom is 0.408 e. The Bertz CT molecular complexity index is 2580. The molecule has 1 saturated heterocycles. The minimum atomic E-state index is -4.80. The molecule has 8 rings (SSSR count). The molecule has 0 bridgehead atoms. The highest BCUT2D eigenvalue weighted by Gasteiger charge is 2.66. The third-order valence-electron chi connectivity index (χ3n) is 12.7. The normalized spacial score (nSPS) is 25.3. The first-order valence-electron chi connectivity index (χ1n) is 22.3. The number of amides is 3. The van der Waals surface area contributed by atoms with Crippen LogP contribution in [-0.4, -0.2) is 86.9 Å². The van der Waals surface area contributed by atoms with Gasteiger partial charge in [0.05, 0.1) is 31.0 Å². The Morgan fingerprint density at radius 1 is 1.03 bits per heavy atom. The number of pyridine rings is 1. The number of alkyl carbamates (subject to hydrolysis) is 1. The minimum absolute atomic E-state index is 0.0552. The lowest BCUT2D eigenvalue weighted by molar-refractivity contribution is -0.140. The minimum Gasteiger partial charge on any atom is -0.495 e. The lowest BCUT2D eigenvalue weighted by Gasteiger charge is -2.31. The second-order valence-corrected chi connectivity index (χ2v) is 21.5. The second-order valence-electron chi connectivity index (χ2n) is 17.8. The van der Waals surface area contributed by atoms with Crippen LogP contribution in [0.2, 0.25) is 5.02 Å². The number of anilines is 1. The number of thiazole rings is 1. The molecule has 14 nitrogen and oxygen atoms in total. The topological polar surface area (TPSA) is 181 Å². The van der Waals surface area contributed by atoms with Gasteiger partial charge in [0.15, 0.2) is 16.8 Å². The number of nitrogens with zero attached hydrogens (tertiary/aromatic N) is 3. The second kappa shape index (κ2) is 19.7. The summed E-state index contributed by atoms with van der Waals surface area (Å²) in [5.41, 5.74) is 0.394. The predicted molar refractivity (Wildman–Crippen MR) is 244 cm³/mol. The molecular weight excluding hydrogens is 920 g/mol. The van der Waals surface area contributed by atoms with Gasteiger partial charge in [0.25, 0.3) is 0 Å². The van der Waals surface area contributed by atoms with Crippen LogP contribution in [0.5, 0.6) is 11.5 Å². The first-order valence-corrected chi connectivity index (χ1v) is 25.4. The number of carbonyl (C=O) groups excluding carboxylic acids is 3. The average Bonchev–Trinajstić information content (AvgIpc) is 3.69. The molecule has 4 heterocycles. The van der Waals surface area contributed by atoms with Gasteiger partial charge >= 0.3 is 6.09 Å². The molecule has 4 N–H and O–H groups in total. The number of allylic oxidation sites excluding steroid dienone is 1. The van der Waals surface area contributed by atoms with Crippen molar-refractivity contribution in [3.05, 3.63) is 75.9 Å². The summed E-state index contributed by atoms with van der Waals surface area (Å²) >= 11 is 8.24. The van der Waals surface area contributed by atoms with E-state index in [0.29, 0.717) is 89.6 Å². The van der Waals surface area contributed by atoms with E-state index in [1.54, 1.807) is 24.3 Å². The number of aromatic nitrogens is 2. The molecule has 354 valence electrons. The Labute approximate surface area is 389 Å². The van der Waals surface area contributed by atoms with Crippen molar-refractivity contribution >= 4 is 64.2 Å². The van der Waals surface area contributed by atoms with Gasteiger partial charge in [-0.05, 0) is 89.5 Å². The van der Waals surface area contributed by atoms with Crippen molar-refractivity contribution in [2.45, 2.75) is 126 Å². The summed E-state index contributed by atoms with van der Waals surface area (Å²) < 4.78 is 76.7. The number of ether oxygens (including phenoxy) is 3. The third kappa shape index (κ3) is 10.0. The molecule has 0 radical (unpaired) electrons.